The number of anilines is 1. The molecule has 0 aromatic heterocycles. The number of fused-ring (bicyclic) bond motifs is 1. The monoisotopic (exact) mass is 457 g/mol. The number of hydrogen-bond donors (Lipinski definition) is 0. The Balaban J connectivity index is 1.82. The molecule has 4 nitrogen and oxygen atoms in total. The summed E-state index contributed by atoms with van der Waals surface area (Å²) in [6.45, 7) is 8.75. The highest BCUT2D eigenvalue weighted by molar-refractivity contribution is 6.02. The zero-order valence-electron chi connectivity index (χ0n) is 20.9. The van der Waals surface area contributed by atoms with Crippen molar-refractivity contribution in [1.29, 1.82) is 0 Å². The first-order valence-corrected chi connectivity index (χ1v) is 12.4. The van der Waals surface area contributed by atoms with Crippen molar-refractivity contribution in [2.45, 2.75) is 65.3 Å². The van der Waals surface area contributed by atoms with Gasteiger partial charge >= 0.3 is 0 Å². The molecule has 0 N–H and O–H groups in total. The van der Waals surface area contributed by atoms with Crippen molar-refractivity contribution < 1.29 is 14.3 Å². The van der Waals surface area contributed by atoms with E-state index in [1.807, 2.05) is 42.5 Å². The van der Waals surface area contributed by atoms with Crippen LogP contribution in [0.3, 0.4) is 0 Å². The van der Waals surface area contributed by atoms with Crippen LogP contribution < -0.4 is 9.64 Å². The number of allylic oxidation sites excluding steroid dienone is 2. The highest BCUT2D eigenvalue weighted by Crippen LogP contribution is 2.57. The zero-order valence-corrected chi connectivity index (χ0v) is 20.9. The highest BCUT2D eigenvalue weighted by atomic mass is 16.5. The molecular weight excluding hydrogens is 422 g/mol. The maximum atomic E-state index is 13.9. The molecule has 0 bridgehead atoms. The summed E-state index contributed by atoms with van der Waals surface area (Å²) in [5.41, 5.74) is 3.72. The Bertz CT molecular complexity index is 1160. The summed E-state index contributed by atoms with van der Waals surface area (Å²) < 4.78 is 5.76. The van der Waals surface area contributed by atoms with Gasteiger partial charge in [-0.1, -0.05) is 64.1 Å². The third-order valence-electron chi connectivity index (χ3n) is 7.90. The Kier molecular flexibility index (Phi) is 5.46. The minimum atomic E-state index is -0.284. The average molecular weight is 458 g/mol. The molecule has 2 aromatic rings. The molecule has 34 heavy (non-hydrogen) atoms. The maximum Gasteiger partial charge on any atom is 0.161 e. The van der Waals surface area contributed by atoms with Crippen LogP contribution in [0.2, 0.25) is 0 Å². The van der Waals surface area contributed by atoms with Gasteiger partial charge in [-0.3, -0.25) is 9.59 Å². The second-order valence-electron chi connectivity index (χ2n) is 11.8. The molecule has 0 amide bonds. The molecule has 178 valence electrons. The number of hydrogen-bond acceptors (Lipinski definition) is 4. The summed E-state index contributed by atoms with van der Waals surface area (Å²) in [7, 11) is 1.67. The van der Waals surface area contributed by atoms with E-state index in [9.17, 15) is 9.59 Å². The lowest BCUT2D eigenvalue weighted by Gasteiger charge is -2.55. The van der Waals surface area contributed by atoms with E-state index in [1.54, 1.807) is 7.11 Å². The van der Waals surface area contributed by atoms with Gasteiger partial charge in [-0.2, -0.15) is 0 Å². The predicted octanol–water partition coefficient (Wildman–Crippen LogP) is 6.32. The summed E-state index contributed by atoms with van der Waals surface area (Å²) in [6, 6.07) is 18.3. The van der Waals surface area contributed by atoms with E-state index in [4.69, 9.17) is 4.74 Å². The summed E-state index contributed by atoms with van der Waals surface area (Å²) in [6.07, 6.45) is 2.74. The van der Waals surface area contributed by atoms with E-state index in [1.165, 1.54) is 0 Å². The Morgan fingerprint density at radius 3 is 2.24 bits per heavy atom. The molecule has 0 saturated heterocycles. The molecule has 0 radical (unpaired) electrons. The molecule has 1 heterocycles. The van der Waals surface area contributed by atoms with Gasteiger partial charge in [0, 0.05) is 53.2 Å². The van der Waals surface area contributed by atoms with E-state index < -0.39 is 0 Å². The number of rotatable bonds is 3. The lowest BCUT2D eigenvalue weighted by atomic mass is 9.58. The van der Waals surface area contributed by atoms with Crippen LogP contribution in [0.1, 0.15) is 64.9 Å². The quantitative estimate of drug-likeness (QED) is 0.541. The number of ketones is 2. The van der Waals surface area contributed by atoms with Gasteiger partial charge in [0.2, 0.25) is 0 Å². The lowest BCUT2D eigenvalue weighted by molar-refractivity contribution is -0.130. The van der Waals surface area contributed by atoms with Crippen molar-refractivity contribution in [2.24, 2.45) is 16.7 Å². The summed E-state index contributed by atoms with van der Waals surface area (Å²) in [5, 5.41) is 0. The number of methoxy groups -OCH3 is 1. The normalized spacial score (nSPS) is 27.8. The average Bonchev–Trinajstić information content (AvgIpc) is 2.76. The largest absolute Gasteiger partial charge is 0.496 e. The Labute approximate surface area is 203 Å². The molecule has 0 spiro atoms. The van der Waals surface area contributed by atoms with E-state index in [0.717, 1.165) is 41.1 Å². The first-order valence-electron chi connectivity index (χ1n) is 12.4. The van der Waals surface area contributed by atoms with Crippen LogP contribution in [0, 0.1) is 16.7 Å². The highest BCUT2D eigenvalue weighted by Gasteiger charge is 2.55. The SMILES string of the molecule is COc1ccccc1C1C2=C(CC(C)(C)CC2=O)N(c2ccccc2)C2CC(C)(C)CC(=O)C12. The standard InChI is InChI=1S/C30H35NO3/c1-29(2)15-21-27(23(32)17-29)26(20-13-9-10-14-25(20)34-5)28-22(16-30(3,4)18-24(28)33)31(21)19-11-7-6-8-12-19/h6-14,21,26-27H,15-18H2,1-5H3. The van der Waals surface area contributed by atoms with Gasteiger partial charge in [0.15, 0.2) is 5.78 Å². The fourth-order valence-corrected chi connectivity index (χ4v) is 6.69. The molecule has 3 unspecified atom stereocenters. The van der Waals surface area contributed by atoms with Gasteiger partial charge in [0.1, 0.15) is 11.5 Å². The minimum Gasteiger partial charge on any atom is -0.496 e. The molecule has 1 aliphatic heterocycles. The third-order valence-corrected chi connectivity index (χ3v) is 7.90. The van der Waals surface area contributed by atoms with Crippen LogP contribution in [-0.2, 0) is 9.59 Å². The number of ether oxygens (including phenoxy) is 1. The Hall–Kier alpha value is -2.88. The van der Waals surface area contributed by atoms with Gasteiger partial charge in [-0.25, -0.2) is 0 Å². The molecule has 1 fully saturated rings. The van der Waals surface area contributed by atoms with Crippen molar-refractivity contribution in [3.05, 3.63) is 71.4 Å². The van der Waals surface area contributed by atoms with Crippen molar-refractivity contribution >= 4 is 17.3 Å². The van der Waals surface area contributed by atoms with Crippen molar-refractivity contribution in [1.82, 2.24) is 0 Å². The number of carbonyl (C=O) groups excluding carboxylic acids is 2. The fraction of sp³-hybridized carbons (Fsp3) is 0.467. The summed E-state index contributed by atoms with van der Waals surface area (Å²) in [5.74, 6) is 0.611. The van der Waals surface area contributed by atoms with E-state index >= 15 is 0 Å². The molecule has 5 rings (SSSR count). The van der Waals surface area contributed by atoms with E-state index in [0.29, 0.717) is 12.8 Å². The van der Waals surface area contributed by atoms with E-state index in [-0.39, 0.29) is 40.3 Å². The topological polar surface area (TPSA) is 46.6 Å². The summed E-state index contributed by atoms with van der Waals surface area (Å²) in [4.78, 5) is 30.2. The molecule has 3 aliphatic rings. The van der Waals surface area contributed by atoms with Crippen LogP contribution in [0.15, 0.2) is 65.9 Å². The van der Waals surface area contributed by atoms with Gasteiger partial charge in [0.05, 0.1) is 7.11 Å². The fourth-order valence-electron chi connectivity index (χ4n) is 6.69. The molecule has 2 aliphatic carbocycles. The zero-order chi connectivity index (χ0) is 24.3. The molecule has 3 atom stereocenters. The number of para-hydroxylation sites is 2. The molecular formula is C30H35NO3. The Morgan fingerprint density at radius 2 is 1.53 bits per heavy atom. The van der Waals surface area contributed by atoms with Crippen LogP contribution in [-0.4, -0.2) is 24.7 Å². The second kappa shape index (κ2) is 8.11. The maximum absolute atomic E-state index is 13.9. The first kappa shape index (κ1) is 22.9. The number of benzene rings is 2. The van der Waals surface area contributed by atoms with Crippen molar-refractivity contribution in [2.75, 3.05) is 12.0 Å². The summed E-state index contributed by atoms with van der Waals surface area (Å²) >= 11 is 0. The Morgan fingerprint density at radius 1 is 0.853 bits per heavy atom. The third kappa shape index (κ3) is 3.77. The number of carbonyl (C=O) groups is 2. The minimum absolute atomic E-state index is 0.00554. The van der Waals surface area contributed by atoms with Crippen molar-refractivity contribution in [3.63, 3.8) is 0 Å². The first-order chi connectivity index (χ1) is 16.1. The van der Waals surface area contributed by atoms with Crippen LogP contribution >= 0.6 is 0 Å². The lowest BCUT2D eigenvalue weighted by Crippen LogP contribution is -2.57. The van der Waals surface area contributed by atoms with Crippen molar-refractivity contribution in [3.8, 4) is 5.75 Å². The van der Waals surface area contributed by atoms with Crippen LogP contribution in [0.25, 0.3) is 0 Å². The number of Topliss-reactive ketones (excluding diaryl/α,β-unsaturated/α-hetero) is 2. The van der Waals surface area contributed by atoms with Crippen LogP contribution in [0.4, 0.5) is 5.69 Å². The smallest absolute Gasteiger partial charge is 0.161 e. The molecule has 1 saturated carbocycles. The second-order valence-corrected chi connectivity index (χ2v) is 11.8. The molecule has 4 heteroatoms. The number of nitrogens with zero attached hydrogens (tertiary/aromatic N) is 1. The predicted molar refractivity (Wildman–Crippen MR) is 135 cm³/mol. The van der Waals surface area contributed by atoms with Gasteiger partial charge < -0.3 is 9.64 Å². The van der Waals surface area contributed by atoms with Gasteiger partial charge in [-0.05, 0) is 41.9 Å². The van der Waals surface area contributed by atoms with E-state index in [2.05, 4.69) is 44.7 Å². The van der Waals surface area contributed by atoms with Gasteiger partial charge in [-0.15, -0.1) is 0 Å². The van der Waals surface area contributed by atoms with Gasteiger partial charge in [0.25, 0.3) is 0 Å². The molecule has 2 aromatic carbocycles. The van der Waals surface area contributed by atoms with Crippen LogP contribution in [0.5, 0.6) is 5.75 Å².